The summed E-state index contributed by atoms with van der Waals surface area (Å²) in [7, 11) is 1.57. The summed E-state index contributed by atoms with van der Waals surface area (Å²) in [5, 5.41) is 14.6. The predicted molar refractivity (Wildman–Crippen MR) is 80.6 cm³/mol. The molecule has 2 heterocycles. The van der Waals surface area contributed by atoms with Gasteiger partial charge in [-0.1, -0.05) is 0 Å². The molecule has 0 radical (unpaired) electrons. The minimum atomic E-state index is -1.07. The molecule has 7 heteroatoms. The van der Waals surface area contributed by atoms with E-state index in [0.29, 0.717) is 18.7 Å². The Bertz CT molecular complexity index is 751. The van der Waals surface area contributed by atoms with Gasteiger partial charge in [0.1, 0.15) is 11.4 Å². The van der Waals surface area contributed by atoms with Crippen LogP contribution in [0.3, 0.4) is 0 Å². The number of benzene rings is 1. The molecule has 3 rings (SSSR count). The average molecular weight is 303 g/mol. The van der Waals surface area contributed by atoms with Gasteiger partial charge >= 0.3 is 6.09 Å². The highest BCUT2D eigenvalue weighted by atomic mass is 16.5. The zero-order valence-corrected chi connectivity index (χ0v) is 12.2. The fourth-order valence-electron chi connectivity index (χ4n) is 2.92. The highest BCUT2D eigenvalue weighted by molar-refractivity contribution is 6.02. The fourth-order valence-corrected chi connectivity index (χ4v) is 2.92. The predicted octanol–water partition coefficient (Wildman–Crippen LogP) is 1.27. The van der Waals surface area contributed by atoms with Gasteiger partial charge in [0.15, 0.2) is 0 Å². The van der Waals surface area contributed by atoms with Crippen LogP contribution in [0.25, 0.3) is 10.9 Å². The number of hydrogen-bond acceptors (Lipinski definition) is 3. The van der Waals surface area contributed by atoms with E-state index >= 15 is 0 Å². The Morgan fingerprint density at radius 2 is 2.23 bits per heavy atom. The van der Waals surface area contributed by atoms with Crippen molar-refractivity contribution in [3.05, 3.63) is 29.0 Å². The number of ether oxygens (including phenoxy) is 1. The summed E-state index contributed by atoms with van der Waals surface area (Å²) in [5.74, 6) is 0.622. The van der Waals surface area contributed by atoms with Crippen LogP contribution >= 0.6 is 0 Å². The van der Waals surface area contributed by atoms with Gasteiger partial charge in [0.05, 0.1) is 6.61 Å². The molecule has 0 bridgehead atoms. The number of fused-ring (bicyclic) bond motifs is 3. The maximum Gasteiger partial charge on any atom is 0.404 e. The molecule has 0 fully saturated rings. The fraction of sp³-hybridized carbons (Fsp3) is 0.333. The lowest BCUT2D eigenvalue weighted by Gasteiger charge is -2.06. The molecule has 1 aliphatic heterocycles. The number of carboxylic acid groups (broad SMARTS) is 1. The monoisotopic (exact) mass is 303 g/mol. The number of carbonyl (C=O) groups excluding carboxylic acids is 1. The van der Waals surface area contributed by atoms with Gasteiger partial charge in [0, 0.05) is 36.5 Å². The Morgan fingerprint density at radius 3 is 2.95 bits per heavy atom. The van der Waals surface area contributed by atoms with Crippen molar-refractivity contribution in [2.75, 3.05) is 20.2 Å². The van der Waals surface area contributed by atoms with E-state index < -0.39 is 6.09 Å². The van der Waals surface area contributed by atoms with Crippen LogP contribution < -0.4 is 15.4 Å². The molecular weight excluding hydrogens is 286 g/mol. The summed E-state index contributed by atoms with van der Waals surface area (Å²) < 4.78 is 5.58. The van der Waals surface area contributed by atoms with E-state index in [2.05, 4.69) is 15.6 Å². The lowest BCUT2D eigenvalue weighted by Crippen LogP contribution is -2.25. The Hall–Kier alpha value is -2.70. The summed E-state index contributed by atoms with van der Waals surface area (Å²) in [4.78, 5) is 25.9. The molecule has 2 aromatic rings. The average Bonchev–Trinajstić information content (AvgIpc) is 3.09. The van der Waals surface area contributed by atoms with E-state index in [0.717, 1.165) is 34.2 Å². The maximum atomic E-state index is 12.1. The van der Waals surface area contributed by atoms with Gasteiger partial charge in [-0.2, -0.15) is 0 Å². The SMILES string of the molecule is CNC(=O)c1[nH]c2ccc3c(c2c1CCNC(=O)O)CCO3. The molecule has 1 aliphatic rings. The van der Waals surface area contributed by atoms with Crippen molar-refractivity contribution in [3.8, 4) is 5.75 Å². The van der Waals surface area contributed by atoms with Crippen molar-refractivity contribution in [2.24, 2.45) is 0 Å². The molecule has 0 aliphatic carbocycles. The second-order valence-corrected chi connectivity index (χ2v) is 5.10. The molecule has 0 saturated heterocycles. The summed E-state index contributed by atoms with van der Waals surface area (Å²) in [6.07, 6.45) is 0.151. The topological polar surface area (TPSA) is 103 Å². The first-order chi connectivity index (χ1) is 10.6. The third-order valence-electron chi connectivity index (χ3n) is 3.85. The first-order valence-electron chi connectivity index (χ1n) is 7.10. The van der Waals surface area contributed by atoms with E-state index in [1.54, 1.807) is 7.05 Å². The van der Waals surface area contributed by atoms with E-state index in [9.17, 15) is 9.59 Å². The molecule has 7 nitrogen and oxygen atoms in total. The molecule has 22 heavy (non-hydrogen) atoms. The van der Waals surface area contributed by atoms with Crippen molar-refractivity contribution < 1.29 is 19.4 Å². The molecular formula is C15H17N3O4. The standard InChI is InChI=1S/C15H17N3O4/c1-16-14(19)13-9(4-6-17-15(20)21)12-8-5-7-22-11(8)3-2-10(12)18-13/h2-3,17-18H,4-7H2,1H3,(H,16,19)(H,20,21). The number of hydrogen-bond donors (Lipinski definition) is 4. The van der Waals surface area contributed by atoms with Crippen molar-refractivity contribution in [3.63, 3.8) is 0 Å². The molecule has 1 aromatic carbocycles. The minimum Gasteiger partial charge on any atom is -0.493 e. The Morgan fingerprint density at radius 1 is 1.41 bits per heavy atom. The number of aromatic amines is 1. The van der Waals surface area contributed by atoms with Crippen LogP contribution in [0.5, 0.6) is 5.75 Å². The highest BCUT2D eigenvalue weighted by Gasteiger charge is 2.23. The molecule has 0 spiro atoms. The lowest BCUT2D eigenvalue weighted by molar-refractivity contribution is 0.0958. The van der Waals surface area contributed by atoms with Gasteiger partial charge < -0.3 is 25.5 Å². The first kappa shape index (κ1) is 14.2. The van der Waals surface area contributed by atoms with Gasteiger partial charge in [-0.05, 0) is 24.1 Å². The Balaban J connectivity index is 2.09. The van der Waals surface area contributed by atoms with Crippen LogP contribution in [-0.2, 0) is 12.8 Å². The van der Waals surface area contributed by atoms with Crippen molar-refractivity contribution in [1.29, 1.82) is 0 Å². The van der Waals surface area contributed by atoms with Crippen LogP contribution in [0.4, 0.5) is 4.79 Å². The van der Waals surface area contributed by atoms with E-state index in [1.165, 1.54) is 0 Å². The van der Waals surface area contributed by atoms with Crippen molar-refractivity contribution in [2.45, 2.75) is 12.8 Å². The van der Waals surface area contributed by atoms with Crippen molar-refractivity contribution >= 4 is 22.9 Å². The highest BCUT2D eigenvalue weighted by Crippen LogP contribution is 2.36. The number of carbonyl (C=O) groups is 2. The zero-order chi connectivity index (χ0) is 15.7. The molecule has 1 aromatic heterocycles. The number of aromatic nitrogens is 1. The zero-order valence-electron chi connectivity index (χ0n) is 12.2. The van der Waals surface area contributed by atoms with Crippen LogP contribution in [0, 0.1) is 0 Å². The number of amides is 2. The van der Waals surface area contributed by atoms with E-state index in [-0.39, 0.29) is 12.5 Å². The second kappa shape index (κ2) is 5.59. The van der Waals surface area contributed by atoms with Crippen LogP contribution in [-0.4, -0.2) is 42.3 Å². The molecule has 116 valence electrons. The van der Waals surface area contributed by atoms with E-state index in [1.807, 2.05) is 12.1 Å². The number of H-pyrrole nitrogens is 1. The Labute approximate surface area is 126 Å². The maximum absolute atomic E-state index is 12.1. The molecule has 2 amide bonds. The van der Waals surface area contributed by atoms with Crippen LogP contribution in [0.1, 0.15) is 21.6 Å². The molecule has 0 atom stereocenters. The summed E-state index contributed by atoms with van der Waals surface area (Å²) >= 11 is 0. The summed E-state index contributed by atoms with van der Waals surface area (Å²) in [6, 6.07) is 3.79. The minimum absolute atomic E-state index is 0.214. The smallest absolute Gasteiger partial charge is 0.404 e. The van der Waals surface area contributed by atoms with Crippen LogP contribution in [0.15, 0.2) is 12.1 Å². The summed E-state index contributed by atoms with van der Waals surface area (Å²) in [5.41, 5.74) is 3.25. The van der Waals surface area contributed by atoms with Crippen molar-refractivity contribution in [1.82, 2.24) is 15.6 Å². The third kappa shape index (κ3) is 2.34. The van der Waals surface area contributed by atoms with Gasteiger partial charge in [0.25, 0.3) is 5.91 Å². The number of nitrogens with one attached hydrogen (secondary N) is 3. The normalized spacial score (nSPS) is 12.8. The largest absolute Gasteiger partial charge is 0.493 e. The first-order valence-corrected chi connectivity index (χ1v) is 7.10. The van der Waals surface area contributed by atoms with E-state index in [4.69, 9.17) is 9.84 Å². The van der Waals surface area contributed by atoms with Gasteiger partial charge in [0.2, 0.25) is 0 Å². The second-order valence-electron chi connectivity index (χ2n) is 5.10. The quantitative estimate of drug-likeness (QED) is 0.683. The van der Waals surface area contributed by atoms with Crippen LogP contribution in [0.2, 0.25) is 0 Å². The van der Waals surface area contributed by atoms with Gasteiger partial charge in [-0.25, -0.2) is 4.79 Å². The lowest BCUT2D eigenvalue weighted by atomic mass is 10.0. The van der Waals surface area contributed by atoms with Gasteiger partial charge in [-0.15, -0.1) is 0 Å². The summed E-state index contributed by atoms with van der Waals surface area (Å²) in [6.45, 7) is 0.874. The van der Waals surface area contributed by atoms with Gasteiger partial charge in [-0.3, -0.25) is 4.79 Å². The molecule has 0 saturated carbocycles. The Kier molecular flexibility index (Phi) is 3.62. The number of rotatable bonds is 4. The third-order valence-corrected chi connectivity index (χ3v) is 3.85. The molecule has 4 N–H and O–H groups in total. The molecule has 0 unspecified atom stereocenters.